The van der Waals surface area contributed by atoms with Crippen LogP contribution in [-0.4, -0.2) is 28.9 Å². The fraction of sp³-hybridized carbons (Fsp3) is 0.0769. The molecule has 244 valence electrons. The van der Waals surface area contributed by atoms with Crippen molar-refractivity contribution in [2.24, 2.45) is 0 Å². The van der Waals surface area contributed by atoms with Gasteiger partial charge in [0.15, 0.2) is 0 Å². The first-order valence-electron chi connectivity index (χ1n) is 15.4. The van der Waals surface area contributed by atoms with Crippen LogP contribution in [0.25, 0.3) is 6.08 Å². The largest absolute Gasteiger partial charge is 0.489 e. The van der Waals surface area contributed by atoms with Crippen molar-refractivity contribution in [3.63, 3.8) is 0 Å². The quantitative estimate of drug-likeness (QED) is 0.109. The molecule has 4 amide bonds. The molecule has 1 fully saturated rings. The van der Waals surface area contributed by atoms with E-state index in [-0.39, 0.29) is 23.9 Å². The fourth-order valence-electron chi connectivity index (χ4n) is 5.05. The zero-order chi connectivity index (χ0) is 34.2. The van der Waals surface area contributed by atoms with E-state index in [2.05, 4.69) is 10.6 Å². The van der Waals surface area contributed by atoms with Gasteiger partial charge in [-0.2, -0.15) is 0 Å². The Bertz CT molecular complexity index is 1990. The predicted octanol–water partition coefficient (Wildman–Crippen LogP) is 7.75. The molecule has 8 nitrogen and oxygen atoms in total. The molecule has 5 aromatic rings. The highest BCUT2D eigenvalue weighted by Crippen LogP contribution is 2.34. The number of thioether (sulfide) groups is 1. The van der Waals surface area contributed by atoms with Gasteiger partial charge in [-0.3, -0.25) is 19.2 Å². The molecule has 2 N–H and O–H groups in total. The van der Waals surface area contributed by atoms with Crippen molar-refractivity contribution < 1.29 is 23.9 Å². The summed E-state index contributed by atoms with van der Waals surface area (Å²) in [6, 6.07) is 39.2. The maximum atomic E-state index is 13.5. The van der Waals surface area contributed by atoms with Gasteiger partial charge in [-0.25, -0.2) is 4.90 Å². The van der Waals surface area contributed by atoms with Crippen molar-refractivity contribution in [3.05, 3.63) is 161 Å². The van der Waals surface area contributed by atoms with Gasteiger partial charge < -0.3 is 15.4 Å². The third-order valence-electron chi connectivity index (χ3n) is 7.55. The second-order valence-corrected chi connectivity index (χ2v) is 12.8. The molecule has 1 saturated heterocycles. The number of carbonyl (C=O) groups excluding carboxylic acids is 4. The first-order valence-corrected chi connectivity index (χ1v) is 16.6. The van der Waals surface area contributed by atoms with Crippen LogP contribution < -0.4 is 20.3 Å². The predicted molar refractivity (Wildman–Crippen MR) is 192 cm³/mol. The highest BCUT2D eigenvalue weighted by molar-refractivity contribution is 8.00. The summed E-state index contributed by atoms with van der Waals surface area (Å²) in [5, 5.41) is 5.52. The van der Waals surface area contributed by atoms with Gasteiger partial charge in [-0.15, -0.1) is 11.8 Å². The highest BCUT2D eigenvalue weighted by atomic mass is 35.5. The summed E-state index contributed by atoms with van der Waals surface area (Å²) in [7, 11) is 0. The topological polar surface area (TPSA) is 105 Å². The Morgan fingerprint density at radius 2 is 1.47 bits per heavy atom. The first-order chi connectivity index (χ1) is 23.8. The number of hydrogen-bond donors (Lipinski definition) is 2. The van der Waals surface area contributed by atoms with Crippen molar-refractivity contribution in [2.75, 3.05) is 10.2 Å². The van der Waals surface area contributed by atoms with E-state index in [4.69, 9.17) is 16.3 Å². The lowest BCUT2D eigenvalue weighted by Crippen LogP contribution is -2.31. The van der Waals surface area contributed by atoms with Crippen LogP contribution >= 0.6 is 23.4 Å². The second kappa shape index (κ2) is 15.5. The van der Waals surface area contributed by atoms with E-state index in [0.29, 0.717) is 39.9 Å². The normalized spacial score (nSPS) is 14.4. The van der Waals surface area contributed by atoms with Crippen LogP contribution in [-0.2, 0) is 21.0 Å². The molecule has 10 heteroatoms. The van der Waals surface area contributed by atoms with Gasteiger partial charge in [0.05, 0.1) is 10.9 Å². The molecule has 1 heterocycles. The Hall–Kier alpha value is -5.64. The SMILES string of the molecule is O=C(Nc1ccc(SC2CC(=O)N(c3ccc(Cl)cc3)C2=O)cc1)/C(=C/c1ccc(OCc2ccccc2)cc1)NC(=O)c1ccccc1. The van der Waals surface area contributed by atoms with Gasteiger partial charge in [-0.1, -0.05) is 72.3 Å². The van der Waals surface area contributed by atoms with Crippen molar-refractivity contribution in [1.82, 2.24) is 5.32 Å². The van der Waals surface area contributed by atoms with Crippen molar-refractivity contribution in [3.8, 4) is 5.75 Å². The summed E-state index contributed by atoms with van der Waals surface area (Å²) >= 11 is 7.24. The van der Waals surface area contributed by atoms with E-state index < -0.39 is 17.1 Å². The summed E-state index contributed by atoms with van der Waals surface area (Å²) in [5.41, 5.74) is 3.14. The van der Waals surface area contributed by atoms with E-state index in [9.17, 15) is 19.2 Å². The number of ether oxygens (including phenoxy) is 1. The molecule has 0 aliphatic carbocycles. The van der Waals surface area contributed by atoms with Gasteiger partial charge in [-0.05, 0) is 90.0 Å². The lowest BCUT2D eigenvalue weighted by Gasteiger charge is -2.15. The summed E-state index contributed by atoms with van der Waals surface area (Å²) in [6.45, 7) is 0.422. The molecule has 0 spiro atoms. The van der Waals surface area contributed by atoms with Gasteiger partial charge in [0.1, 0.15) is 18.1 Å². The smallest absolute Gasteiger partial charge is 0.272 e. The van der Waals surface area contributed by atoms with Crippen LogP contribution in [0.15, 0.2) is 144 Å². The molecule has 0 radical (unpaired) electrons. The summed E-state index contributed by atoms with van der Waals surface area (Å²) in [6.07, 6.45) is 1.66. The Balaban J connectivity index is 1.13. The standard InChI is InChI=1S/C39H30ClN3O5S/c40-29-13-17-31(18-14-29)43-36(44)24-35(39(43)47)49-33-21-15-30(16-22-33)41-38(46)34(42-37(45)28-9-5-2-6-10-28)23-26-11-19-32(20-12-26)48-25-27-7-3-1-4-8-27/h1-23,35H,24-25H2,(H,41,46)(H,42,45)/b34-23-. The lowest BCUT2D eigenvalue weighted by atomic mass is 10.1. The molecule has 1 aliphatic rings. The van der Waals surface area contributed by atoms with Crippen molar-refractivity contribution >= 4 is 64.4 Å². The maximum Gasteiger partial charge on any atom is 0.272 e. The van der Waals surface area contributed by atoms with Crippen LogP contribution in [0.4, 0.5) is 11.4 Å². The Labute approximate surface area is 292 Å². The van der Waals surface area contributed by atoms with Crippen molar-refractivity contribution in [1.29, 1.82) is 0 Å². The average molecular weight is 688 g/mol. The number of halogens is 1. The third kappa shape index (κ3) is 8.64. The van der Waals surface area contributed by atoms with Crippen LogP contribution in [0, 0.1) is 0 Å². The van der Waals surface area contributed by atoms with E-state index in [1.165, 1.54) is 16.7 Å². The lowest BCUT2D eigenvalue weighted by molar-refractivity contribution is -0.121. The van der Waals surface area contributed by atoms with Crippen molar-refractivity contribution in [2.45, 2.75) is 23.2 Å². The minimum absolute atomic E-state index is 0.0441. The Kier molecular flexibility index (Phi) is 10.5. The zero-order valence-electron chi connectivity index (χ0n) is 26.0. The Morgan fingerprint density at radius 3 is 2.14 bits per heavy atom. The molecular weight excluding hydrogens is 658 g/mol. The maximum absolute atomic E-state index is 13.5. The number of nitrogens with one attached hydrogen (secondary N) is 2. The average Bonchev–Trinajstić information content (AvgIpc) is 3.41. The molecule has 1 aliphatic heterocycles. The number of hydrogen-bond acceptors (Lipinski definition) is 6. The number of anilines is 2. The summed E-state index contributed by atoms with van der Waals surface area (Å²) in [4.78, 5) is 54.3. The number of amides is 4. The van der Waals surface area contributed by atoms with Crippen LogP contribution in [0.1, 0.15) is 27.9 Å². The van der Waals surface area contributed by atoms with Gasteiger partial charge in [0.25, 0.3) is 11.8 Å². The van der Waals surface area contributed by atoms with Gasteiger partial charge >= 0.3 is 0 Å². The third-order valence-corrected chi connectivity index (χ3v) is 9.00. The number of carbonyl (C=O) groups is 4. The van der Waals surface area contributed by atoms with E-state index >= 15 is 0 Å². The number of benzene rings is 5. The van der Waals surface area contributed by atoms with Crippen LogP contribution in [0.2, 0.25) is 5.02 Å². The van der Waals surface area contributed by atoms with Gasteiger partial charge in [0.2, 0.25) is 11.8 Å². The Morgan fingerprint density at radius 1 is 0.816 bits per heavy atom. The van der Waals surface area contributed by atoms with E-state index in [1.54, 1.807) is 109 Å². The molecule has 0 saturated carbocycles. The van der Waals surface area contributed by atoms with E-state index in [1.807, 2.05) is 30.3 Å². The second-order valence-electron chi connectivity index (χ2n) is 11.1. The molecular formula is C39H30ClN3O5S. The van der Waals surface area contributed by atoms with Crippen LogP contribution in [0.5, 0.6) is 5.75 Å². The number of nitrogens with zero attached hydrogens (tertiary/aromatic N) is 1. The van der Waals surface area contributed by atoms with Crippen LogP contribution in [0.3, 0.4) is 0 Å². The van der Waals surface area contributed by atoms with Gasteiger partial charge in [0, 0.05) is 27.6 Å². The molecule has 0 bridgehead atoms. The molecule has 1 unspecified atom stereocenters. The zero-order valence-corrected chi connectivity index (χ0v) is 27.6. The summed E-state index contributed by atoms with van der Waals surface area (Å²) < 4.78 is 5.88. The molecule has 1 atom stereocenters. The molecule has 5 aromatic carbocycles. The number of rotatable bonds is 11. The monoisotopic (exact) mass is 687 g/mol. The molecule has 0 aromatic heterocycles. The highest BCUT2D eigenvalue weighted by Gasteiger charge is 2.40. The first kappa shape index (κ1) is 33.3. The minimum atomic E-state index is -0.582. The fourth-order valence-corrected chi connectivity index (χ4v) is 6.23. The molecule has 49 heavy (non-hydrogen) atoms. The van der Waals surface area contributed by atoms with E-state index in [0.717, 1.165) is 10.5 Å². The summed E-state index contributed by atoms with van der Waals surface area (Å²) in [5.74, 6) is -0.863. The molecule has 6 rings (SSSR count). The minimum Gasteiger partial charge on any atom is -0.489 e. The number of imide groups is 1.